The molecule has 4 aromatic rings. The van der Waals surface area contributed by atoms with E-state index in [0.29, 0.717) is 22.5 Å². The minimum absolute atomic E-state index is 0.160. The fourth-order valence-corrected chi connectivity index (χ4v) is 5.51. The van der Waals surface area contributed by atoms with Gasteiger partial charge in [0.05, 0.1) is 22.9 Å². The van der Waals surface area contributed by atoms with Gasteiger partial charge in [-0.1, -0.05) is 12.1 Å². The molecule has 0 spiro atoms. The molecule has 8 heteroatoms. The van der Waals surface area contributed by atoms with Crippen molar-refractivity contribution in [3.63, 3.8) is 0 Å². The highest BCUT2D eigenvalue weighted by Crippen LogP contribution is 2.40. The molecule has 5 rings (SSSR count). The largest absolute Gasteiger partial charge is 0.493 e. The van der Waals surface area contributed by atoms with Crippen molar-refractivity contribution >= 4 is 43.9 Å². The summed E-state index contributed by atoms with van der Waals surface area (Å²) >= 11 is 2.83. The Kier molecular flexibility index (Phi) is 5.19. The van der Waals surface area contributed by atoms with Crippen LogP contribution in [0.25, 0.3) is 21.5 Å². The number of carbonyl (C=O) groups is 1. The first-order valence-corrected chi connectivity index (χ1v) is 12.0. The molecule has 1 amide bonds. The Morgan fingerprint density at radius 2 is 2.00 bits per heavy atom. The molecule has 0 unspecified atom stereocenters. The summed E-state index contributed by atoms with van der Waals surface area (Å²) in [4.78, 5) is 28.6. The van der Waals surface area contributed by atoms with Crippen molar-refractivity contribution in [2.45, 2.75) is 39.5 Å². The number of thiazole rings is 1. The van der Waals surface area contributed by atoms with E-state index in [1.165, 1.54) is 22.7 Å². The van der Waals surface area contributed by atoms with Gasteiger partial charge in [0.25, 0.3) is 5.91 Å². The predicted molar refractivity (Wildman–Crippen MR) is 126 cm³/mol. The number of thiophene rings is 1. The maximum absolute atomic E-state index is 13.1. The monoisotopic (exact) mass is 450 g/mol. The lowest BCUT2D eigenvalue weighted by Gasteiger charge is -2.07. The van der Waals surface area contributed by atoms with Crippen LogP contribution in [0, 0.1) is 13.8 Å². The molecule has 31 heavy (non-hydrogen) atoms. The summed E-state index contributed by atoms with van der Waals surface area (Å²) in [6.07, 6.45) is 2.31. The number of ether oxygens (including phenoxy) is 1. The molecule has 0 aliphatic heterocycles. The van der Waals surface area contributed by atoms with Gasteiger partial charge >= 0.3 is 0 Å². The second-order valence-electron chi connectivity index (χ2n) is 7.60. The number of hydrogen-bond donors (Lipinski definition) is 1. The molecule has 1 fully saturated rings. The summed E-state index contributed by atoms with van der Waals surface area (Å²) in [7, 11) is 0. The minimum Gasteiger partial charge on any atom is -0.493 e. The van der Waals surface area contributed by atoms with Gasteiger partial charge in [0.15, 0.2) is 5.13 Å². The van der Waals surface area contributed by atoms with Crippen LogP contribution in [0.3, 0.4) is 0 Å². The Morgan fingerprint density at radius 3 is 2.77 bits per heavy atom. The van der Waals surface area contributed by atoms with Crippen molar-refractivity contribution in [1.82, 2.24) is 15.0 Å². The van der Waals surface area contributed by atoms with Crippen molar-refractivity contribution in [1.29, 1.82) is 0 Å². The maximum Gasteiger partial charge on any atom is 0.267 e. The van der Waals surface area contributed by atoms with E-state index < -0.39 is 0 Å². The highest BCUT2D eigenvalue weighted by molar-refractivity contribution is 7.21. The smallest absolute Gasteiger partial charge is 0.267 e. The first-order valence-electron chi connectivity index (χ1n) is 10.3. The zero-order chi connectivity index (χ0) is 21.5. The Balaban J connectivity index is 1.42. The third-order valence-electron chi connectivity index (χ3n) is 5.32. The molecule has 0 saturated heterocycles. The average Bonchev–Trinajstić information content (AvgIpc) is 3.42. The van der Waals surface area contributed by atoms with Crippen molar-refractivity contribution in [2.24, 2.45) is 0 Å². The van der Waals surface area contributed by atoms with Gasteiger partial charge in [0.2, 0.25) is 0 Å². The second kappa shape index (κ2) is 8.01. The molecule has 1 N–H and O–H groups in total. The van der Waals surface area contributed by atoms with Gasteiger partial charge in [-0.25, -0.2) is 15.0 Å². The molecule has 0 atom stereocenters. The number of fused-ring (bicyclic) bond motifs is 1. The van der Waals surface area contributed by atoms with E-state index in [0.717, 1.165) is 57.1 Å². The van der Waals surface area contributed by atoms with Gasteiger partial charge in [-0.2, -0.15) is 0 Å². The number of benzene rings is 1. The van der Waals surface area contributed by atoms with E-state index in [-0.39, 0.29) is 5.91 Å². The minimum atomic E-state index is -0.160. The zero-order valence-corrected chi connectivity index (χ0v) is 19.2. The summed E-state index contributed by atoms with van der Waals surface area (Å²) in [5.41, 5.74) is 3.57. The molecule has 0 radical (unpaired) electrons. The number of aromatic nitrogens is 3. The second-order valence-corrected chi connectivity index (χ2v) is 9.46. The number of rotatable bonds is 6. The molecule has 158 valence electrons. The molecule has 1 saturated carbocycles. The van der Waals surface area contributed by atoms with Gasteiger partial charge in [-0.3, -0.25) is 10.1 Å². The van der Waals surface area contributed by atoms with Gasteiger partial charge in [-0.15, -0.1) is 22.7 Å². The fourth-order valence-electron chi connectivity index (χ4n) is 3.67. The average molecular weight is 451 g/mol. The SMILES string of the molecule is CCOc1ccccc1-c1csc(NC(=O)c2sc3nc(C4CC4)nc(C)c3c2C)n1. The van der Waals surface area contributed by atoms with Crippen LogP contribution in [0.15, 0.2) is 29.6 Å². The van der Waals surface area contributed by atoms with Gasteiger partial charge < -0.3 is 4.74 Å². The van der Waals surface area contributed by atoms with E-state index in [2.05, 4.69) is 15.3 Å². The lowest BCUT2D eigenvalue weighted by molar-refractivity contribution is 0.103. The standard InChI is InChI=1S/C23H22N4O2S2/c1-4-29-17-8-6-5-7-15(17)16-11-30-23(25-16)27-21(28)19-12(2)18-13(3)24-20(14-9-10-14)26-22(18)31-19/h5-8,11,14H,4,9-10H2,1-3H3,(H,25,27,28). The topological polar surface area (TPSA) is 77.0 Å². The van der Waals surface area contributed by atoms with Crippen molar-refractivity contribution in [3.8, 4) is 17.0 Å². The summed E-state index contributed by atoms with van der Waals surface area (Å²) in [6.45, 7) is 6.50. The third-order valence-corrected chi connectivity index (χ3v) is 7.27. The van der Waals surface area contributed by atoms with Crippen molar-refractivity contribution in [3.05, 3.63) is 51.6 Å². The Bertz CT molecular complexity index is 1290. The van der Waals surface area contributed by atoms with Crippen LogP contribution in [0.5, 0.6) is 5.75 Å². The highest BCUT2D eigenvalue weighted by Gasteiger charge is 2.28. The number of hydrogen-bond acceptors (Lipinski definition) is 7. The van der Waals surface area contributed by atoms with E-state index in [9.17, 15) is 4.79 Å². The number of nitrogens with zero attached hydrogens (tertiary/aromatic N) is 3. The zero-order valence-electron chi connectivity index (χ0n) is 17.6. The number of aryl methyl sites for hydroxylation is 2. The molecular weight excluding hydrogens is 428 g/mol. The molecule has 3 heterocycles. The van der Waals surface area contributed by atoms with Crippen LogP contribution in [-0.2, 0) is 0 Å². The summed E-state index contributed by atoms with van der Waals surface area (Å²) in [5, 5.41) is 6.44. The van der Waals surface area contributed by atoms with E-state index >= 15 is 0 Å². The van der Waals surface area contributed by atoms with Gasteiger partial charge in [0.1, 0.15) is 16.4 Å². The number of carbonyl (C=O) groups excluding carboxylic acids is 1. The molecule has 0 bridgehead atoms. The van der Waals surface area contributed by atoms with Gasteiger partial charge in [0, 0.05) is 22.2 Å². The number of nitrogens with one attached hydrogen (secondary N) is 1. The Hall–Kier alpha value is -2.84. The quantitative estimate of drug-likeness (QED) is 0.392. The predicted octanol–water partition coefficient (Wildman–Crippen LogP) is 5.96. The summed E-state index contributed by atoms with van der Waals surface area (Å²) < 4.78 is 5.71. The number of amides is 1. The van der Waals surface area contributed by atoms with Crippen LogP contribution in [0.2, 0.25) is 0 Å². The van der Waals surface area contributed by atoms with Crippen LogP contribution in [0.4, 0.5) is 5.13 Å². The van der Waals surface area contributed by atoms with Crippen LogP contribution in [-0.4, -0.2) is 27.5 Å². The van der Waals surface area contributed by atoms with Crippen LogP contribution in [0.1, 0.15) is 52.4 Å². The summed E-state index contributed by atoms with van der Waals surface area (Å²) in [6, 6.07) is 7.79. The maximum atomic E-state index is 13.1. The molecule has 1 aliphatic rings. The number of anilines is 1. The molecule has 1 aliphatic carbocycles. The first-order chi connectivity index (χ1) is 15.0. The Morgan fingerprint density at radius 1 is 1.19 bits per heavy atom. The van der Waals surface area contributed by atoms with Gasteiger partial charge in [-0.05, 0) is 51.3 Å². The lowest BCUT2D eigenvalue weighted by atomic mass is 10.1. The number of para-hydroxylation sites is 1. The molecule has 3 aromatic heterocycles. The summed E-state index contributed by atoms with van der Waals surface area (Å²) in [5.74, 6) is 2.02. The lowest BCUT2D eigenvalue weighted by Crippen LogP contribution is -2.11. The molecule has 1 aromatic carbocycles. The van der Waals surface area contributed by atoms with E-state index in [1.807, 2.05) is 50.4 Å². The van der Waals surface area contributed by atoms with Crippen molar-refractivity contribution in [2.75, 3.05) is 11.9 Å². The Labute approximate surface area is 188 Å². The highest BCUT2D eigenvalue weighted by atomic mass is 32.1. The fraction of sp³-hybridized carbons (Fsp3) is 0.304. The third kappa shape index (κ3) is 3.81. The molecular formula is C23H22N4O2S2. The van der Waals surface area contributed by atoms with Crippen molar-refractivity contribution < 1.29 is 9.53 Å². The first kappa shape index (κ1) is 20.1. The normalized spacial score (nSPS) is 13.5. The van der Waals surface area contributed by atoms with Crippen LogP contribution < -0.4 is 10.1 Å². The van der Waals surface area contributed by atoms with E-state index in [4.69, 9.17) is 9.72 Å². The van der Waals surface area contributed by atoms with E-state index in [1.54, 1.807) is 0 Å². The van der Waals surface area contributed by atoms with Crippen LogP contribution >= 0.6 is 22.7 Å². The molecule has 6 nitrogen and oxygen atoms in total.